The maximum atomic E-state index is 14.3. The van der Waals surface area contributed by atoms with E-state index in [1.165, 1.54) is 6.42 Å². The minimum Gasteiger partial charge on any atom is -0.494 e. The van der Waals surface area contributed by atoms with Gasteiger partial charge in [-0.3, -0.25) is 9.36 Å². The van der Waals surface area contributed by atoms with E-state index in [0.29, 0.717) is 11.3 Å². The molecule has 6 nitrogen and oxygen atoms in total. The highest BCUT2D eigenvalue weighted by Gasteiger charge is 2.32. The van der Waals surface area contributed by atoms with Gasteiger partial charge < -0.3 is 15.3 Å². The van der Waals surface area contributed by atoms with E-state index in [9.17, 15) is 9.90 Å². The molecule has 2 N–H and O–H groups in total. The minimum atomic E-state index is -0.773. The molecule has 5 aromatic rings. The van der Waals surface area contributed by atoms with Crippen LogP contribution in [-0.2, 0) is 4.79 Å². The molecule has 1 amide bonds. The largest absolute Gasteiger partial charge is 0.494 e. The number of nitrogens with zero attached hydrogens (tertiary/aromatic N) is 3. The Hall–Kier alpha value is -4.84. The third kappa shape index (κ3) is 5.91. The topological polar surface area (TPSA) is 69.9 Å². The van der Waals surface area contributed by atoms with Crippen molar-refractivity contribution in [1.29, 1.82) is 0 Å². The highest BCUT2D eigenvalue weighted by molar-refractivity contribution is 6.22. The summed E-state index contributed by atoms with van der Waals surface area (Å²) >= 11 is 0. The van der Waals surface area contributed by atoms with Gasteiger partial charge in [0.2, 0.25) is 11.8 Å². The lowest BCUT2D eigenvalue weighted by Crippen LogP contribution is -2.41. The molecule has 0 saturated heterocycles. The lowest BCUT2D eigenvalue weighted by molar-refractivity contribution is -0.124. The summed E-state index contributed by atoms with van der Waals surface area (Å²) in [6, 6.07) is 34.9. The van der Waals surface area contributed by atoms with Crippen molar-refractivity contribution in [2.24, 2.45) is 4.99 Å². The first-order valence-corrected chi connectivity index (χ1v) is 15.1. The van der Waals surface area contributed by atoms with Gasteiger partial charge in [-0.25, -0.2) is 4.99 Å². The number of carbonyl (C=O) groups excluding carboxylic acids is 1. The van der Waals surface area contributed by atoms with Gasteiger partial charge in [0.15, 0.2) is 0 Å². The molecule has 6 rings (SSSR count). The summed E-state index contributed by atoms with van der Waals surface area (Å²) in [5, 5.41) is 16.4. The lowest BCUT2D eigenvalue weighted by Gasteiger charge is -2.27. The monoisotopic (exact) mass is 570 g/mol. The van der Waals surface area contributed by atoms with Crippen molar-refractivity contribution in [2.75, 3.05) is 19.0 Å². The Morgan fingerprint density at radius 3 is 2.14 bits per heavy atom. The number of hydrogen-bond donors (Lipinski definition) is 2. The van der Waals surface area contributed by atoms with Gasteiger partial charge in [-0.15, -0.1) is 0 Å². The van der Waals surface area contributed by atoms with Gasteiger partial charge in [0.25, 0.3) is 0 Å². The van der Waals surface area contributed by atoms with Crippen molar-refractivity contribution in [2.45, 2.75) is 44.2 Å². The molecule has 1 aliphatic rings. The number of aliphatic imine (C=N–C) groups is 1. The summed E-state index contributed by atoms with van der Waals surface area (Å²) in [6.07, 6.45) is 5.39. The van der Waals surface area contributed by atoms with Crippen LogP contribution in [-0.4, -0.2) is 41.4 Å². The van der Waals surface area contributed by atoms with Crippen LogP contribution in [0.2, 0.25) is 0 Å². The standard InChI is InChI=1S/C37H38N4O2/c1-40(2)30-24-22-27(23-25-30)35(36(42)39-29-18-10-5-11-19-29)41-32-21-13-12-20-31(32)33(37(41)43)34(26-14-6-3-7-15-26)38-28-16-8-4-9-17-28/h3-4,6-9,12-17,20-25,29,35,43H,5,10-11,18-19H2,1-2H3,(H,39,42). The molecule has 1 saturated carbocycles. The zero-order valence-corrected chi connectivity index (χ0v) is 24.8. The number of benzene rings is 4. The van der Waals surface area contributed by atoms with Crippen LogP contribution in [0.25, 0.3) is 10.9 Å². The van der Waals surface area contributed by atoms with Crippen molar-refractivity contribution >= 4 is 33.9 Å². The van der Waals surface area contributed by atoms with Gasteiger partial charge in [-0.05, 0) is 48.7 Å². The summed E-state index contributed by atoms with van der Waals surface area (Å²) in [6.45, 7) is 0. The van der Waals surface area contributed by atoms with Crippen LogP contribution in [0, 0.1) is 0 Å². The van der Waals surface area contributed by atoms with Crippen LogP contribution in [0.4, 0.5) is 11.4 Å². The number of fused-ring (bicyclic) bond motifs is 1. The summed E-state index contributed by atoms with van der Waals surface area (Å²) in [5.41, 5.74) is 5.53. The van der Waals surface area contributed by atoms with Gasteiger partial charge in [-0.1, -0.05) is 98.1 Å². The Labute approximate surface area is 253 Å². The lowest BCUT2D eigenvalue weighted by atomic mass is 9.95. The molecule has 1 unspecified atom stereocenters. The quantitative estimate of drug-likeness (QED) is 0.189. The molecule has 43 heavy (non-hydrogen) atoms. The average Bonchev–Trinajstić information content (AvgIpc) is 3.33. The van der Waals surface area contributed by atoms with Crippen molar-refractivity contribution in [1.82, 2.24) is 9.88 Å². The first kappa shape index (κ1) is 28.3. The summed E-state index contributed by atoms with van der Waals surface area (Å²) in [5.74, 6) is -0.103. The Morgan fingerprint density at radius 1 is 0.837 bits per heavy atom. The fourth-order valence-electron chi connectivity index (χ4n) is 6.14. The van der Waals surface area contributed by atoms with E-state index in [4.69, 9.17) is 4.99 Å². The zero-order valence-electron chi connectivity index (χ0n) is 24.8. The number of aromatic nitrogens is 1. The van der Waals surface area contributed by atoms with E-state index >= 15 is 0 Å². The SMILES string of the molecule is CN(C)c1ccc(C(C(=O)NC2CCCCC2)n2c(O)c(C(=Nc3ccccc3)c3ccccc3)c3ccccc32)cc1. The third-order valence-electron chi connectivity index (χ3n) is 8.35. The number of amides is 1. The van der Waals surface area contributed by atoms with Gasteiger partial charge in [0.1, 0.15) is 6.04 Å². The Balaban J connectivity index is 1.56. The average molecular weight is 571 g/mol. The fourth-order valence-corrected chi connectivity index (χ4v) is 6.14. The molecule has 1 aromatic heterocycles. The Morgan fingerprint density at radius 2 is 1.47 bits per heavy atom. The van der Waals surface area contributed by atoms with E-state index in [1.807, 2.05) is 128 Å². The van der Waals surface area contributed by atoms with Crippen molar-refractivity contribution < 1.29 is 9.90 Å². The predicted molar refractivity (Wildman–Crippen MR) is 176 cm³/mol. The van der Waals surface area contributed by atoms with Crippen LogP contribution in [0.1, 0.15) is 54.8 Å². The van der Waals surface area contributed by atoms with Crippen LogP contribution in [0.3, 0.4) is 0 Å². The van der Waals surface area contributed by atoms with Gasteiger partial charge >= 0.3 is 0 Å². The van der Waals surface area contributed by atoms with Crippen molar-refractivity contribution in [3.63, 3.8) is 0 Å². The summed E-state index contributed by atoms with van der Waals surface area (Å²) in [7, 11) is 3.99. The molecule has 4 aromatic carbocycles. The first-order valence-electron chi connectivity index (χ1n) is 15.1. The molecule has 6 heteroatoms. The number of aromatic hydroxyl groups is 1. The Kier molecular flexibility index (Phi) is 8.27. The van der Waals surface area contributed by atoms with E-state index in [1.54, 1.807) is 4.57 Å². The van der Waals surface area contributed by atoms with E-state index < -0.39 is 6.04 Å². The van der Waals surface area contributed by atoms with E-state index in [2.05, 4.69) is 5.32 Å². The highest BCUT2D eigenvalue weighted by Crippen LogP contribution is 2.39. The number of para-hydroxylation sites is 2. The molecule has 0 radical (unpaired) electrons. The number of anilines is 1. The van der Waals surface area contributed by atoms with E-state index in [0.717, 1.165) is 59.1 Å². The molecule has 0 aliphatic heterocycles. The molecule has 0 bridgehead atoms. The minimum absolute atomic E-state index is 0.0141. The second-order valence-electron chi connectivity index (χ2n) is 11.5. The summed E-state index contributed by atoms with van der Waals surface area (Å²) in [4.78, 5) is 21.4. The molecular weight excluding hydrogens is 532 g/mol. The number of hydrogen-bond acceptors (Lipinski definition) is 4. The highest BCUT2D eigenvalue weighted by atomic mass is 16.3. The molecule has 1 atom stereocenters. The molecular formula is C37H38N4O2. The molecule has 218 valence electrons. The van der Waals surface area contributed by atoms with Gasteiger partial charge in [0.05, 0.1) is 22.5 Å². The molecule has 1 aliphatic carbocycles. The van der Waals surface area contributed by atoms with Crippen LogP contribution in [0.5, 0.6) is 5.88 Å². The second kappa shape index (κ2) is 12.6. The normalized spacial score (nSPS) is 14.9. The maximum Gasteiger partial charge on any atom is 0.248 e. The smallest absolute Gasteiger partial charge is 0.248 e. The maximum absolute atomic E-state index is 14.3. The molecule has 1 heterocycles. The van der Waals surface area contributed by atoms with Gasteiger partial charge in [-0.2, -0.15) is 0 Å². The first-order chi connectivity index (χ1) is 21.0. The van der Waals surface area contributed by atoms with Crippen LogP contribution in [0.15, 0.2) is 114 Å². The van der Waals surface area contributed by atoms with Crippen LogP contribution >= 0.6 is 0 Å². The second-order valence-corrected chi connectivity index (χ2v) is 11.5. The Bertz CT molecular complexity index is 1720. The number of carbonyl (C=O) groups is 1. The fraction of sp³-hybridized carbons (Fsp3) is 0.243. The summed E-state index contributed by atoms with van der Waals surface area (Å²) < 4.78 is 1.79. The number of rotatable bonds is 8. The van der Waals surface area contributed by atoms with Gasteiger partial charge in [0, 0.05) is 36.8 Å². The number of nitrogens with one attached hydrogen (secondary N) is 1. The molecule has 0 spiro atoms. The zero-order chi connectivity index (χ0) is 29.8. The van der Waals surface area contributed by atoms with Crippen LogP contribution < -0.4 is 10.2 Å². The van der Waals surface area contributed by atoms with Crippen molar-refractivity contribution in [3.05, 3.63) is 126 Å². The van der Waals surface area contributed by atoms with Crippen molar-refractivity contribution in [3.8, 4) is 5.88 Å². The predicted octanol–water partition coefficient (Wildman–Crippen LogP) is 7.62. The molecule has 1 fully saturated rings. The third-order valence-corrected chi connectivity index (χ3v) is 8.35. The van der Waals surface area contributed by atoms with E-state index in [-0.39, 0.29) is 17.8 Å².